The van der Waals surface area contributed by atoms with Gasteiger partial charge in [0.25, 0.3) is 0 Å². The lowest BCUT2D eigenvalue weighted by atomic mass is 9.95. The minimum absolute atomic E-state index is 1.11. The van der Waals surface area contributed by atoms with Crippen LogP contribution in [0.1, 0.15) is 41.5 Å². The molecule has 21 heavy (non-hydrogen) atoms. The van der Waals surface area contributed by atoms with Gasteiger partial charge in [-0.05, 0) is 47.9 Å². The van der Waals surface area contributed by atoms with Crippen molar-refractivity contribution in [1.29, 1.82) is 0 Å². The third-order valence-electron chi connectivity index (χ3n) is 3.92. The normalized spacial score (nSPS) is 10.3. The fourth-order valence-corrected chi connectivity index (χ4v) is 2.75. The Morgan fingerprint density at radius 3 is 1.90 bits per heavy atom. The molecule has 108 valence electrons. The SMILES string of the molecule is C=Cc1cccc(C=C)c1CCCCCc1ccccc1. The van der Waals surface area contributed by atoms with Gasteiger partial charge in [-0.3, -0.25) is 0 Å². The van der Waals surface area contributed by atoms with E-state index in [0.29, 0.717) is 0 Å². The van der Waals surface area contributed by atoms with Crippen molar-refractivity contribution >= 4 is 12.2 Å². The molecule has 0 heterocycles. The van der Waals surface area contributed by atoms with Crippen molar-refractivity contribution in [2.45, 2.75) is 32.1 Å². The van der Waals surface area contributed by atoms with Crippen LogP contribution < -0.4 is 0 Å². The molecule has 0 saturated heterocycles. The summed E-state index contributed by atoms with van der Waals surface area (Å²) in [4.78, 5) is 0. The van der Waals surface area contributed by atoms with Gasteiger partial charge in [-0.25, -0.2) is 0 Å². The first-order valence-corrected chi connectivity index (χ1v) is 7.76. The summed E-state index contributed by atoms with van der Waals surface area (Å²) in [7, 11) is 0. The van der Waals surface area contributed by atoms with Crippen LogP contribution in [0.3, 0.4) is 0 Å². The summed E-state index contributed by atoms with van der Waals surface area (Å²) in [5.41, 5.74) is 5.32. The van der Waals surface area contributed by atoms with E-state index < -0.39 is 0 Å². The predicted molar refractivity (Wildman–Crippen MR) is 94.3 cm³/mol. The van der Waals surface area contributed by atoms with E-state index in [-0.39, 0.29) is 0 Å². The maximum Gasteiger partial charge on any atom is -0.0224 e. The minimum atomic E-state index is 1.11. The molecular formula is C21H24. The van der Waals surface area contributed by atoms with Crippen molar-refractivity contribution in [3.8, 4) is 0 Å². The monoisotopic (exact) mass is 276 g/mol. The first kappa shape index (κ1) is 15.3. The Morgan fingerprint density at radius 2 is 1.29 bits per heavy atom. The van der Waals surface area contributed by atoms with Crippen molar-refractivity contribution in [1.82, 2.24) is 0 Å². The molecule has 0 aliphatic carbocycles. The molecule has 0 heteroatoms. The number of hydrogen-bond donors (Lipinski definition) is 0. The van der Waals surface area contributed by atoms with Gasteiger partial charge in [-0.2, -0.15) is 0 Å². The van der Waals surface area contributed by atoms with Crippen molar-refractivity contribution in [3.63, 3.8) is 0 Å². The van der Waals surface area contributed by atoms with Crippen molar-refractivity contribution in [3.05, 3.63) is 83.9 Å². The Bertz CT molecular complexity index is 552. The molecule has 0 N–H and O–H groups in total. The van der Waals surface area contributed by atoms with Gasteiger partial charge in [0.05, 0.1) is 0 Å². The molecule has 0 spiro atoms. The van der Waals surface area contributed by atoms with E-state index in [1.807, 2.05) is 12.2 Å². The van der Waals surface area contributed by atoms with E-state index in [4.69, 9.17) is 0 Å². The molecule has 2 aromatic rings. The Hall–Kier alpha value is -2.08. The Balaban J connectivity index is 1.83. The van der Waals surface area contributed by atoms with Crippen LogP contribution in [0.2, 0.25) is 0 Å². The van der Waals surface area contributed by atoms with Crippen LogP contribution in [0.15, 0.2) is 61.7 Å². The van der Waals surface area contributed by atoms with E-state index >= 15 is 0 Å². The summed E-state index contributed by atoms with van der Waals surface area (Å²) >= 11 is 0. The standard InChI is InChI=1S/C21H24/c1-3-19-15-11-16-20(4-2)21(19)17-10-6-9-14-18-12-7-5-8-13-18/h3-5,7-8,11-13,15-16H,1-2,6,9-10,14,17H2. The molecule has 2 rings (SSSR count). The Labute approximate surface area is 128 Å². The van der Waals surface area contributed by atoms with Gasteiger partial charge >= 0.3 is 0 Å². The number of aryl methyl sites for hydroxylation is 1. The van der Waals surface area contributed by atoms with Crippen LogP contribution in [0.25, 0.3) is 12.2 Å². The minimum Gasteiger partial charge on any atom is -0.0985 e. The molecule has 0 unspecified atom stereocenters. The van der Waals surface area contributed by atoms with Crippen LogP contribution in [0.4, 0.5) is 0 Å². The molecule has 2 aromatic carbocycles. The summed E-state index contributed by atoms with van der Waals surface area (Å²) in [6, 6.07) is 17.1. The number of hydrogen-bond acceptors (Lipinski definition) is 0. The number of rotatable bonds is 8. The van der Waals surface area contributed by atoms with Crippen molar-refractivity contribution in [2.24, 2.45) is 0 Å². The lowest BCUT2D eigenvalue weighted by Crippen LogP contribution is -1.94. The van der Waals surface area contributed by atoms with Gasteiger partial charge < -0.3 is 0 Å². The lowest BCUT2D eigenvalue weighted by molar-refractivity contribution is 0.678. The summed E-state index contributed by atoms with van der Waals surface area (Å²) < 4.78 is 0. The van der Waals surface area contributed by atoms with Crippen LogP contribution >= 0.6 is 0 Å². The second kappa shape index (κ2) is 8.26. The van der Waals surface area contributed by atoms with Crippen LogP contribution in [0, 0.1) is 0 Å². The molecule has 0 fully saturated rings. The van der Waals surface area contributed by atoms with E-state index in [1.165, 1.54) is 47.9 Å². The Morgan fingerprint density at radius 1 is 0.667 bits per heavy atom. The highest BCUT2D eigenvalue weighted by atomic mass is 14.1. The first-order chi connectivity index (χ1) is 10.3. The summed E-state index contributed by atoms with van der Waals surface area (Å²) in [5, 5.41) is 0. The molecule has 0 saturated carbocycles. The number of benzene rings is 2. The predicted octanol–water partition coefficient (Wildman–Crippen LogP) is 5.93. The van der Waals surface area contributed by atoms with E-state index in [0.717, 1.165) is 6.42 Å². The van der Waals surface area contributed by atoms with Crippen LogP contribution in [-0.4, -0.2) is 0 Å². The third-order valence-corrected chi connectivity index (χ3v) is 3.92. The fraction of sp³-hybridized carbons (Fsp3) is 0.238. The zero-order chi connectivity index (χ0) is 14.9. The average molecular weight is 276 g/mol. The molecule has 0 radical (unpaired) electrons. The second-order valence-electron chi connectivity index (χ2n) is 5.37. The van der Waals surface area contributed by atoms with Crippen molar-refractivity contribution < 1.29 is 0 Å². The zero-order valence-electron chi connectivity index (χ0n) is 12.7. The first-order valence-electron chi connectivity index (χ1n) is 7.76. The van der Waals surface area contributed by atoms with Crippen LogP contribution in [-0.2, 0) is 12.8 Å². The van der Waals surface area contributed by atoms with Gasteiger partial charge in [0.2, 0.25) is 0 Å². The highest BCUT2D eigenvalue weighted by Gasteiger charge is 2.04. The fourth-order valence-electron chi connectivity index (χ4n) is 2.75. The average Bonchev–Trinajstić information content (AvgIpc) is 2.55. The summed E-state index contributed by atoms with van der Waals surface area (Å²) in [6.07, 6.45) is 9.92. The van der Waals surface area contributed by atoms with E-state index in [9.17, 15) is 0 Å². The van der Waals surface area contributed by atoms with Crippen LogP contribution in [0.5, 0.6) is 0 Å². The third kappa shape index (κ3) is 4.46. The number of unbranched alkanes of at least 4 members (excludes halogenated alkanes) is 2. The summed E-state index contributed by atoms with van der Waals surface area (Å²) in [5.74, 6) is 0. The lowest BCUT2D eigenvalue weighted by Gasteiger charge is -2.10. The maximum atomic E-state index is 3.92. The van der Waals surface area contributed by atoms with Crippen molar-refractivity contribution in [2.75, 3.05) is 0 Å². The molecule has 0 aliphatic heterocycles. The highest BCUT2D eigenvalue weighted by Crippen LogP contribution is 2.20. The van der Waals surface area contributed by atoms with Gasteiger partial charge in [0.15, 0.2) is 0 Å². The quantitative estimate of drug-likeness (QED) is 0.524. The van der Waals surface area contributed by atoms with E-state index in [2.05, 4.69) is 61.7 Å². The Kier molecular flexibility index (Phi) is 6.02. The zero-order valence-corrected chi connectivity index (χ0v) is 12.7. The van der Waals surface area contributed by atoms with Gasteiger partial charge in [0.1, 0.15) is 0 Å². The second-order valence-corrected chi connectivity index (χ2v) is 5.37. The van der Waals surface area contributed by atoms with E-state index in [1.54, 1.807) is 0 Å². The molecule has 0 aliphatic rings. The maximum absolute atomic E-state index is 3.92. The molecule has 0 nitrogen and oxygen atoms in total. The summed E-state index contributed by atoms with van der Waals surface area (Å²) in [6.45, 7) is 7.83. The smallest absolute Gasteiger partial charge is 0.0224 e. The molecular weight excluding hydrogens is 252 g/mol. The molecule has 0 aromatic heterocycles. The topological polar surface area (TPSA) is 0 Å². The molecule has 0 bridgehead atoms. The largest absolute Gasteiger partial charge is 0.0985 e. The van der Waals surface area contributed by atoms with Gasteiger partial charge in [-0.1, -0.05) is 80.3 Å². The molecule has 0 amide bonds. The van der Waals surface area contributed by atoms with Gasteiger partial charge in [-0.15, -0.1) is 0 Å². The molecule has 0 atom stereocenters. The van der Waals surface area contributed by atoms with Gasteiger partial charge in [0, 0.05) is 0 Å². The highest BCUT2D eigenvalue weighted by molar-refractivity contribution is 5.62.